The van der Waals surface area contributed by atoms with Crippen LogP contribution in [0.1, 0.15) is 33.1 Å². The van der Waals surface area contributed by atoms with Gasteiger partial charge in [-0.3, -0.25) is 4.79 Å². The van der Waals surface area contributed by atoms with E-state index in [2.05, 4.69) is 10.6 Å². The fraction of sp³-hybridized carbons (Fsp3) is 0.909. The lowest BCUT2D eigenvalue weighted by atomic mass is 10.2. The van der Waals surface area contributed by atoms with E-state index >= 15 is 0 Å². The summed E-state index contributed by atoms with van der Waals surface area (Å²) in [6, 6.07) is 0.437. The molecular weight excluding hydrogens is 192 g/mol. The minimum atomic E-state index is -0.334. The van der Waals surface area contributed by atoms with Crippen molar-refractivity contribution in [1.29, 1.82) is 0 Å². The fourth-order valence-electron chi connectivity index (χ4n) is 1.63. The van der Waals surface area contributed by atoms with E-state index in [1.807, 2.05) is 6.92 Å². The van der Waals surface area contributed by atoms with Gasteiger partial charge in [0.2, 0.25) is 5.91 Å². The van der Waals surface area contributed by atoms with Gasteiger partial charge in [-0.15, -0.1) is 0 Å². The van der Waals surface area contributed by atoms with Gasteiger partial charge in [0, 0.05) is 12.6 Å². The van der Waals surface area contributed by atoms with Crippen LogP contribution in [0, 0.1) is 0 Å². The lowest BCUT2D eigenvalue weighted by Gasteiger charge is -2.16. The third-order valence-corrected chi connectivity index (χ3v) is 2.63. The van der Waals surface area contributed by atoms with Crippen LogP contribution >= 0.6 is 0 Å². The van der Waals surface area contributed by atoms with Crippen molar-refractivity contribution < 1.29 is 9.53 Å². The molecule has 2 unspecified atom stereocenters. The summed E-state index contributed by atoms with van der Waals surface area (Å²) in [6.07, 6.45) is 3.00. The molecule has 0 radical (unpaired) electrons. The highest BCUT2D eigenvalue weighted by Gasteiger charge is 2.18. The molecule has 1 fully saturated rings. The monoisotopic (exact) mass is 214 g/mol. The highest BCUT2D eigenvalue weighted by atomic mass is 16.5. The first kappa shape index (κ1) is 12.5. The number of hydrogen-bond acceptors (Lipinski definition) is 3. The van der Waals surface area contributed by atoms with Crippen molar-refractivity contribution in [3.63, 3.8) is 0 Å². The highest BCUT2D eigenvalue weighted by molar-refractivity contribution is 5.80. The van der Waals surface area contributed by atoms with Crippen LogP contribution in [-0.4, -0.2) is 37.7 Å². The largest absolute Gasteiger partial charge is 0.367 e. The maximum Gasteiger partial charge on any atom is 0.248 e. The molecule has 2 N–H and O–H groups in total. The zero-order chi connectivity index (χ0) is 11.1. The molecule has 0 aromatic heterocycles. The second kappa shape index (κ2) is 6.80. The first-order chi connectivity index (χ1) is 7.24. The molecule has 1 heterocycles. The van der Waals surface area contributed by atoms with Gasteiger partial charge in [0.1, 0.15) is 6.10 Å². The number of ether oxygens (including phenoxy) is 1. The quantitative estimate of drug-likeness (QED) is 0.683. The summed E-state index contributed by atoms with van der Waals surface area (Å²) in [5.74, 6) is -0.00477. The molecule has 88 valence electrons. The summed E-state index contributed by atoms with van der Waals surface area (Å²) in [5, 5.41) is 6.16. The zero-order valence-electron chi connectivity index (χ0n) is 9.71. The molecule has 1 saturated heterocycles. The summed E-state index contributed by atoms with van der Waals surface area (Å²) < 4.78 is 5.51. The topological polar surface area (TPSA) is 50.4 Å². The van der Waals surface area contributed by atoms with E-state index < -0.39 is 0 Å². The predicted octanol–water partition coefficient (Wildman–Crippen LogP) is 0.670. The Morgan fingerprint density at radius 2 is 2.47 bits per heavy atom. The molecule has 1 aliphatic heterocycles. The molecule has 1 rings (SSSR count). The van der Waals surface area contributed by atoms with Crippen molar-refractivity contribution in [1.82, 2.24) is 10.6 Å². The van der Waals surface area contributed by atoms with E-state index in [0.717, 1.165) is 25.9 Å². The number of amides is 1. The van der Waals surface area contributed by atoms with Crippen molar-refractivity contribution in [3.05, 3.63) is 0 Å². The van der Waals surface area contributed by atoms with E-state index in [1.165, 1.54) is 6.42 Å². The molecule has 0 saturated carbocycles. The Morgan fingerprint density at radius 3 is 3.07 bits per heavy atom. The van der Waals surface area contributed by atoms with Crippen molar-refractivity contribution in [2.45, 2.75) is 45.3 Å². The predicted molar refractivity (Wildman–Crippen MR) is 59.7 cm³/mol. The van der Waals surface area contributed by atoms with Gasteiger partial charge in [-0.1, -0.05) is 6.92 Å². The molecule has 0 bridgehead atoms. The average Bonchev–Trinajstić information content (AvgIpc) is 2.75. The van der Waals surface area contributed by atoms with Gasteiger partial charge in [0.25, 0.3) is 0 Å². The molecule has 1 aliphatic rings. The van der Waals surface area contributed by atoms with Crippen molar-refractivity contribution in [3.8, 4) is 0 Å². The lowest BCUT2D eigenvalue weighted by Crippen LogP contribution is -2.37. The van der Waals surface area contributed by atoms with Gasteiger partial charge in [-0.2, -0.15) is 0 Å². The Hall–Kier alpha value is -0.610. The van der Waals surface area contributed by atoms with Gasteiger partial charge in [0.15, 0.2) is 0 Å². The average molecular weight is 214 g/mol. The number of carbonyl (C=O) groups is 1. The lowest BCUT2D eigenvalue weighted by molar-refractivity contribution is -0.132. The first-order valence-electron chi connectivity index (χ1n) is 5.86. The third-order valence-electron chi connectivity index (χ3n) is 2.63. The van der Waals surface area contributed by atoms with E-state index in [4.69, 9.17) is 4.74 Å². The number of rotatable bonds is 6. The van der Waals surface area contributed by atoms with Crippen LogP contribution < -0.4 is 10.6 Å². The smallest absolute Gasteiger partial charge is 0.248 e. The number of carbonyl (C=O) groups excluding carboxylic acids is 1. The Balaban J connectivity index is 2.10. The van der Waals surface area contributed by atoms with E-state index in [1.54, 1.807) is 6.92 Å². The molecule has 4 heteroatoms. The number of hydrogen-bond donors (Lipinski definition) is 2. The fourth-order valence-corrected chi connectivity index (χ4v) is 1.63. The molecule has 0 aromatic carbocycles. The normalized spacial score (nSPS) is 22.7. The van der Waals surface area contributed by atoms with E-state index in [-0.39, 0.29) is 12.0 Å². The van der Waals surface area contributed by atoms with Crippen LogP contribution in [0.25, 0.3) is 0 Å². The van der Waals surface area contributed by atoms with Crippen LogP contribution in [0.5, 0.6) is 0 Å². The molecule has 15 heavy (non-hydrogen) atoms. The van der Waals surface area contributed by atoms with Crippen LogP contribution in [0.3, 0.4) is 0 Å². The van der Waals surface area contributed by atoms with Gasteiger partial charge in [-0.05, 0) is 32.7 Å². The molecule has 0 spiro atoms. The number of nitrogens with one attached hydrogen (secondary N) is 2. The van der Waals surface area contributed by atoms with Crippen molar-refractivity contribution in [2.75, 3.05) is 19.7 Å². The summed E-state index contributed by atoms with van der Waals surface area (Å²) in [6.45, 7) is 6.29. The molecule has 4 nitrogen and oxygen atoms in total. The van der Waals surface area contributed by atoms with Crippen molar-refractivity contribution in [2.24, 2.45) is 0 Å². The molecule has 2 atom stereocenters. The van der Waals surface area contributed by atoms with Crippen LogP contribution in [-0.2, 0) is 9.53 Å². The summed E-state index contributed by atoms with van der Waals surface area (Å²) >= 11 is 0. The molecule has 0 aliphatic carbocycles. The minimum absolute atomic E-state index is 0.00477. The van der Waals surface area contributed by atoms with Crippen molar-refractivity contribution >= 4 is 5.91 Å². The SMILES string of the molecule is CCCNC(=O)C(C)OCC1CCCN1. The third kappa shape index (κ3) is 4.62. The second-order valence-corrected chi connectivity index (χ2v) is 4.06. The maximum atomic E-state index is 11.5. The standard InChI is InChI=1S/C11H22N2O2/c1-3-6-13-11(14)9(2)15-8-10-5-4-7-12-10/h9-10,12H,3-8H2,1-2H3,(H,13,14). The Labute approximate surface area is 91.8 Å². The highest BCUT2D eigenvalue weighted by Crippen LogP contribution is 2.06. The summed E-state index contributed by atoms with van der Waals surface area (Å²) in [5.41, 5.74) is 0. The molecule has 0 aromatic rings. The van der Waals surface area contributed by atoms with Gasteiger partial charge < -0.3 is 15.4 Å². The first-order valence-corrected chi connectivity index (χ1v) is 5.86. The minimum Gasteiger partial charge on any atom is -0.367 e. The Morgan fingerprint density at radius 1 is 1.67 bits per heavy atom. The molecular formula is C11H22N2O2. The van der Waals surface area contributed by atoms with Crippen LogP contribution in [0.15, 0.2) is 0 Å². The Kier molecular flexibility index (Phi) is 5.65. The molecule has 1 amide bonds. The van der Waals surface area contributed by atoms with Crippen LogP contribution in [0.4, 0.5) is 0 Å². The van der Waals surface area contributed by atoms with Gasteiger partial charge in [0.05, 0.1) is 6.61 Å². The van der Waals surface area contributed by atoms with E-state index in [9.17, 15) is 4.79 Å². The van der Waals surface area contributed by atoms with E-state index in [0.29, 0.717) is 12.6 Å². The van der Waals surface area contributed by atoms with Gasteiger partial charge >= 0.3 is 0 Å². The zero-order valence-corrected chi connectivity index (χ0v) is 9.71. The van der Waals surface area contributed by atoms with Crippen LogP contribution in [0.2, 0.25) is 0 Å². The summed E-state index contributed by atoms with van der Waals surface area (Å²) in [4.78, 5) is 11.5. The summed E-state index contributed by atoms with van der Waals surface area (Å²) in [7, 11) is 0. The van der Waals surface area contributed by atoms with Gasteiger partial charge in [-0.25, -0.2) is 0 Å². The maximum absolute atomic E-state index is 11.5. The Bertz CT molecular complexity index is 191. The second-order valence-electron chi connectivity index (χ2n) is 4.06.